The predicted octanol–water partition coefficient (Wildman–Crippen LogP) is 27.6. The molecule has 0 fully saturated rings. The van der Waals surface area contributed by atoms with Crippen LogP contribution in [0.5, 0.6) is 0 Å². The molecule has 0 aromatic heterocycles. The minimum Gasteiger partial charge on any atom is -0.477 e. The Morgan fingerprint density at radius 1 is 0.307 bits per heavy atom. The fourth-order valence-corrected chi connectivity index (χ4v) is 12.0. The number of esters is 2. The lowest BCUT2D eigenvalue weighted by atomic mass is 10.0. The van der Waals surface area contributed by atoms with Crippen LogP contribution in [0.1, 0.15) is 373 Å². The standard InChI is InChI=1S/C92H159NO8/c1-6-8-10-12-14-16-18-20-22-24-26-28-30-32-34-36-38-40-42-44-45-47-49-51-53-55-57-59-61-63-65-67-69-71-73-75-77-79-81-83-90(95)101-88(87-100-92(91(96)97)98-85-84-93(3,4)5)86-99-89(94)82-80-78-76-74-72-70-68-66-64-62-60-58-56-54-52-50-48-46-43-41-39-37-35-33-31-29-27-25-23-21-19-17-15-13-11-9-7-2/h8,10,14,16,19-22,25-28,31-34,38,40,44-45,49,51,88,92H,6-7,9,11-13,15,17-18,23-24,29-30,35-37,39,41-43,46-48,50,52-87H2,1-5H3/p+1/b10-8-,16-14-,21-19-,22-20-,27-25-,28-26-,33-31-,34-32-,40-38-,45-44-,51-49-. The van der Waals surface area contributed by atoms with Crippen molar-refractivity contribution in [2.75, 3.05) is 47.5 Å². The quantitative estimate of drug-likeness (QED) is 0.0211. The monoisotopic (exact) mass is 1410 g/mol. The van der Waals surface area contributed by atoms with E-state index in [1.165, 1.54) is 244 Å². The molecule has 0 aliphatic carbocycles. The number of rotatable bonds is 78. The maximum atomic E-state index is 13.0. The van der Waals surface area contributed by atoms with Crippen molar-refractivity contribution in [3.05, 3.63) is 134 Å². The lowest BCUT2D eigenvalue weighted by Gasteiger charge is -2.25. The molecule has 0 saturated heterocycles. The number of unbranched alkanes of at least 4 members (excludes halogenated alkanes) is 41. The number of carbonyl (C=O) groups is 3. The van der Waals surface area contributed by atoms with E-state index in [-0.39, 0.29) is 32.2 Å². The van der Waals surface area contributed by atoms with Crippen LogP contribution in [0.2, 0.25) is 0 Å². The summed E-state index contributed by atoms with van der Waals surface area (Å²) < 4.78 is 23.1. The first kappa shape index (κ1) is 96.4. The van der Waals surface area contributed by atoms with Gasteiger partial charge in [-0.15, -0.1) is 0 Å². The molecule has 0 radical (unpaired) electrons. The number of likely N-dealkylation sites (N-methyl/N-ethyl adjacent to an activating group) is 1. The third kappa shape index (κ3) is 82.6. The van der Waals surface area contributed by atoms with Crippen LogP contribution in [0.3, 0.4) is 0 Å². The zero-order valence-electron chi connectivity index (χ0n) is 66.5. The number of allylic oxidation sites excluding steroid dienone is 22. The van der Waals surface area contributed by atoms with Crippen LogP contribution in [0.15, 0.2) is 134 Å². The molecule has 0 bridgehead atoms. The van der Waals surface area contributed by atoms with Crippen molar-refractivity contribution in [3.8, 4) is 0 Å². The van der Waals surface area contributed by atoms with Crippen molar-refractivity contribution in [2.24, 2.45) is 0 Å². The summed E-state index contributed by atoms with van der Waals surface area (Å²) in [5.41, 5.74) is 0. The van der Waals surface area contributed by atoms with Gasteiger partial charge in [0.15, 0.2) is 6.10 Å². The van der Waals surface area contributed by atoms with Gasteiger partial charge in [0.1, 0.15) is 13.2 Å². The molecule has 0 heterocycles. The van der Waals surface area contributed by atoms with Crippen molar-refractivity contribution >= 4 is 17.9 Å². The second kappa shape index (κ2) is 81.1. The normalized spacial score (nSPS) is 13.3. The zero-order chi connectivity index (χ0) is 73.2. The van der Waals surface area contributed by atoms with Crippen LogP contribution in [0.4, 0.5) is 0 Å². The summed E-state index contributed by atoms with van der Waals surface area (Å²) in [6, 6.07) is 0. The molecule has 0 aliphatic heterocycles. The Morgan fingerprint density at radius 3 is 0.842 bits per heavy atom. The molecule has 0 aromatic carbocycles. The number of carbonyl (C=O) groups excluding carboxylic acids is 2. The average Bonchev–Trinajstić information content (AvgIpc) is 1.21. The number of aliphatic carboxylic acids is 1. The summed E-state index contributed by atoms with van der Waals surface area (Å²) in [7, 11) is 5.99. The summed E-state index contributed by atoms with van der Waals surface area (Å²) >= 11 is 0. The molecule has 2 unspecified atom stereocenters. The van der Waals surface area contributed by atoms with Crippen molar-refractivity contribution in [3.63, 3.8) is 0 Å². The van der Waals surface area contributed by atoms with Gasteiger partial charge in [-0.2, -0.15) is 0 Å². The number of nitrogens with zero attached hydrogens (tertiary/aromatic N) is 1. The summed E-state index contributed by atoms with van der Waals surface area (Å²) in [4.78, 5) is 37.8. The van der Waals surface area contributed by atoms with Crippen LogP contribution in [0.25, 0.3) is 0 Å². The number of ether oxygens (including phenoxy) is 4. The van der Waals surface area contributed by atoms with E-state index in [0.29, 0.717) is 17.4 Å². The summed E-state index contributed by atoms with van der Waals surface area (Å²) in [6.45, 7) is 4.79. The number of hydrogen-bond donors (Lipinski definition) is 1. The number of quaternary nitrogens is 1. The number of carboxylic acid groups (broad SMARTS) is 1. The highest BCUT2D eigenvalue weighted by molar-refractivity contribution is 5.71. The van der Waals surface area contributed by atoms with Gasteiger partial charge in [-0.25, -0.2) is 4.79 Å². The molecular formula is C92H160NO8+. The first-order valence-electron chi connectivity index (χ1n) is 42.3. The third-order valence-corrected chi connectivity index (χ3v) is 18.4. The highest BCUT2D eigenvalue weighted by Gasteiger charge is 2.25. The van der Waals surface area contributed by atoms with E-state index in [4.69, 9.17) is 18.9 Å². The number of hydrogen-bond acceptors (Lipinski definition) is 7. The Morgan fingerprint density at radius 2 is 0.564 bits per heavy atom. The third-order valence-electron chi connectivity index (χ3n) is 18.4. The van der Waals surface area contributed by atoms with Gasteiger partial charge in [-0.05, 0) is 116 Å². The minimum absolute atomic E-state index is 0.184. The van der Waals surface area contributed by atoms with Crippen LogP contribution in [0, 0.1) is 0 Å². The van der Waals surface area contributed by atoms with Gasteiger partial charge in [0.25, 0.3) is 6.29 Å². The molecule has 0 rings (SSSR count). The maximum Gasteiger partial charge on any atom is 0.361 e. The molecule has 1 N–H and O–H groups in total. The zero-order valence-corrected chi connectivity index (χ0v) is 66.5. The first-order valence-corrected chi connectivity index (χ1v) is 42.3. The van der Waals surface area contributed by atoms with E-state index in [0.717, 1.165) is 103 Å². The van der Waals surface area contributed by atoms with Gasteiger partial charge in [0.05, 0.1) is 34.4 Å². The second-order valence-corrected chi connectivity index (χ2v) is 29.4. The molecular weight excluding hydrogens is 1250 g/mol. The molecule has 9 heteroatoms. The molecule has 0 amide bonds. The van der Waals surface area contributed by atoms with Crippen molar-refractivity contribution < 1.29 is 42.9 Å². The van der Waals surface area contributed by atoms with Gasteiger partial charge in [0.2, 0.25) is 0 Å². The topological polar surface area (TPSA) is 108 Å². The smallest absolute Gasteiger partial charge is 0.361 e. The Bertz CT molecular complexity index is 2130. The van der Waals surface area contributed by atoms with E-state index in [1.54, 1.807) is 0 Å². The molecule has 0 spiro atoms. The lowest BCUT2D eigenvalue weighted by Crippen LogP contribution is -2.40. The largest absolute Gasteiger partial charge is 0.477 e. The molecule has 0 aliphatic rings. The fourth-order valence-electron chi connectivity index (χ4n) is 12.0. The van der Waals surface area contributed by atoms with Gasteiger partial charge in [-0.3, -0.25) is 9.59 Å². The van der Waals surface area contributed by atoms with Crippen molar-refractivity contribution in [1.82, 2.24) is 0 Å². The molecule has 580 valence electrons. The molecule has 0 aromatic rings. The fraction of sp³-hybridized carbons (Fsp3) is 0.728. The summed E-state index contributed by atoms with van der Waals surface area (Å²) in [6.07, 6.45) is 115. The van der Waals surface area contributed by atoms with Crippen LogP contribution in [-0.2, 0) is 33.3 Å². The van der Waals surface area contributed by atoms with Gasteiger partial charge >= 0.3 is 17.9 Å². The summed E-state index contributed by atoms with van der Waals surface area (Å²) in [5.74, 6) is -1.99. The van der Waals surface area contributed by atoms with Crippen molar-refractivity contribution in [1.29, 1.82) is 0 Å². The van der Waals surface area contributed by atoms with Crippen LogP contribution < -0.4 is 0 Å². The predicted molar refractivity (Wildman–Crippen MR) is 438 cm³/mol. The van der Waals surface area contributed by atoms with Crippen LogP contribution in [-0.4, -0.2) is 87.4 Å². The molecule has 101 heavy (non-hydrogen) atoms. The molecule has 0 saturated carbocycles. The highest BCUT2D eigenvalue weighted by Crippen LogP contribution is 2.19. The van der Waals surface area contributed by atoms with Crippen molar-refractivity contribution in [2.45, 2.75) is 386 Å². The number of carboxylic acids is 1. The SMILES string of the molecule is CC/C=C\C/C=C\C/C=C\C/C=C\C/C=C\C/C=C\C/C=C\C/C=C\CCCCCCCCCCCCCCCCC(=O)OC(COC(=O)CCCCCCCCCCCCCCCCCCCCCCCC/C=C\C/C=C\C/C=C\CCCCCCC)COC(OCC[N+](C)(C)C)C(=O)O. The van der Waals surface area contributed by atoms with E-state index >= 15 is 0 Å². The lowest BCUT2D eigenvalue weighted by molar-refractivity contribution is -0.870. The summed E-state index contributed by atoms with van der Waals surface area (Å²) in [5, 5.41) is 9.79. The Labute approximate surface area is 624 Å². The Hall–Kier alpha value is -4.57. The van der Waals surface area contributed by atoms with Gasteiger partial charge < -0.3 is 28.5 Å². The average molecular weight is 1410 g/mol. The van der Waals surface area contributed by atoms with Crippen LogP contribution >= 0.6 is 0 Å². The first-order chi connectivity index (χ1) is 49.6. The molecule has 9 nitrogen and oxygen atoms in total. The van der Waals surface area contributed by atoms with E-state index in [9.17, 15) is 19.5 Å². The Kier molecular flexibility index (Phi) is 77.4. The van der Waals surface area contributed by atoms with E-state index in [2.05, 4.69) is 148 Å². The van der Waals surface area contributed by atoms with E-state index in [1.807, 2.05) is 21.1 Å². The maximum absolute atomic E-state index is 13.0. The molecule has 2 atom stereocenters. The van der Waals surface area contributed by atoms with Gasteiger partial charge in [0, 0.05) is 12.8 Å². The minimum atomic E-state index is -1.52. The highest BCUT2D eigenvalue weighted by atomic mass is 16.7. The second-order valence-electron chi connectivity index (χ2n) is 29.4. The Balaban J connectivity index is 4.01. The van der Waals surface area contributed by atoms with E-state index < -0.39 is 24.3 Å². The van der Waals surface area contributed by atoms with Gasteiger partial charge in [-0.1, -0.05) is 379 Å².